The lowest BCUT2D eigenvalue weighted by Gasteiger charge is -2.07. The number of aliphatic hydroxyl groups is 1. The molecule has 18 heavy (non-hydrogen) atoms. The van der Waals surface area contributed by atoms with Gasteiger partial charge in [0.15, 0.2) is 0 Å². The van der Waals surface area contributed by atoms with Gasteiger partial charge in [-0.1, -0.05) is 58.3 Å². The molecule has 0 bridgehead atoms. The van der Waals surface area contributed by atoms with Crippen LogP contribution in [0.3, 0.4) is 0 Å². The minimum absolute atomic E-state index is 0.345. The van der Waals surface area contributed by atoms with E-state index in [1.807, 2.05) is 13.0 Å². The summed E-state index contributed by atoms with van der Waals surface area (Å²) in [6, 6.07) is 1.93. The highest BCUT2D eigenvalue weighted by molar-refractivity contribution is 5.14. The molecule has 2 heteroatoms. The van der Waals surface area contributed by atoms with Crippen LogP contribution in [-0.4, -0.2) is 5.11 Å². The van der Waals surface area contributed by atoms with Crippen molar-refractivity contribution in [1.29, 1.82) is 0 Å². The largest absolute Gasteiger partial charge is 0.469 e. The molecule has 104 valence electrons. The first kappa shape index (κ1) is 15.3. The van der Waals surface area contributed by atoms with Crippen LogP contribution in [0.5, 0.6) is 0 Å². The summed E-state index contributed by atoms with van der Waals surface area (Å²) in [5, 5.41) is 9.95. The molecule has 1 aromatic rings. The quantitative estimate of drug-likeness (QED) is 0.584. The van der Waals surface area contributed by atoms with Crippen LogP contribution < -0.4 is 0 Å². The normalized spacial score (nSPS) is 12.8. The van der Waals surface area contributed by atoms with E-state index in [-0.39, 0.29) is 6.10 Å². The molecule has 1 atom stereocenters. The van der Waals surface area contributed by atoms with Gasteiger partial charge in [0.2, 0.25) is 0 Å². The number of furan rings is 1. The van der Waals surface area contributed by atoms with Crippen molar-refractivity contribution in [3.63, 3.8) is 0 Å². The number of hydrogen-bond acceptors (Lipinski definition) is 2. The van der Waals surface area contributed by atoms with Gasteiger partial charge >= 0.3 is 0 Å². The minimum atomic E-state index is -0.345. The van der Waals surface area contributed by atoms with Gasteiger partial charge in [0.05, 0.1) is 12.4 Å². The molecule has 1 heterocycles. The monoisotopic (exact) mass is 252 g/mol. The topological polar surface area (TPSA) is 33.4 Å². The Bertz CT molecular complexity index is 304. The van der Waals surface area contributed by atoms with Gasteiger partial charge in [-0.25, -0.2) is 0 Å². The van der Waals surface area contributed by atoms with Crippen molar-refractivity contribution >= 4 is 0 Å². The van der Waals surface area contributed by atoms with Gasteiger partial charge in [-0.15, -0.1) is 0 Å². The summed E-state index contributed by atoms with van der Waals surface area (Å²) >= 11 is 0. The average molecular weight is 252 g/mol. The average Bonchev–Trinajstić information content (AvgIpc) is 2.79. The number of unbranched alkanes of at least 4 members (excludes halogenated alkanes) is 7. The molecule has 2 nitrogen and oxygen atoms in total. The fraction of sp³-hybridized carbons (Fsp3) is 0.750. The van der Waals surface area contributed by atoms with Crippen LogP contribution in [0.1, 0.15) is 82.1 Å². The fourth-order valence-electron chi connectivity index (χ4n) is 2.28. The lowest BCUT2D eigenvalue weighted by atomic mass is 10.0. The Labute approximate surface area is 111 Å². The first-order valence-electron chi connectivity index (χ1n) is 7.47. The Morgan fingerprint density at radius 3 is 2.22 bits per heavy atom. The molecule has 0 aliphatic rings. The molecule has 0 saturated carbocycles. The molecule has 0 radical (unpaired) electrons. The summed E-state index contributed by atoms with van der Waals surface area (Å²) in [6.45, 7) is 4.16. The molecule has 0 aromatic carbocycles. The molecule has 1 rings (SSSR count). The Kier molecular flexibility index (Phi) is 7.83. The van der Waals surface area contributed by atoms with Crippen molar-refractivity contribution in [2.24, 2.45) is 0 Å². The molecule has 0 fully saturated rings. The highest BCUT2D eigenvalue weighted by Gasteiger charge is 2.09. The molecule has 0 aliphatic heterocycles. The van der Waals surface area contributed by atoms with E-state index in [4.69, 9.17) is 4.42 Å². The molecular weight excluding hydrogens is 224 g/mol. The zero-order valence-corrected chi connectivity index (χ0v) is 12.0. The molecule has 0 amide bonds. The Morgan fingerprint density at radius 1 is 1.06 bits per heavy atom. The molecule has 1 N–H and O–H groups in total. The van der Waals surface area contributed by atoms with Gasteiger partial charge < -0.3 is 9.52 Å². The molecular formula is C16H28O2. The van der Waals surface area contributed by atoms with Crippen molar-refractivity contribution < 1.29 is 9.52 Å². The third kappa shape index (κ3) is 6.25. The number of rotatable bonds is 10. The van der Waals surface area contributed by atoms with Crippen molar-refractivity contribution in [2.75, 3.05) is 0 Å². The molecule has 0 spiro atoms. The third-order valence-electron chi connectivity index (χ3n) is 3.47. The Balaban J connectivity index is 1.97. The lowest BCUT2D eigenvalue weighted by Crippen LogP contribution is -1.95. The van der Waals surface area contributed by atoms with Crippen LogP contribution in [0.15, 0.2) is 16.7 Å². The highest BCUT2D eigenvalue weighted by Crippen LogP contribution is 2.22. The predicted molar refractivity (Wildman–Crippen MR) is 75.6 cm³/mol. The standard InChI is InChI=1S/C16H28O2/c1-3-4-5-6-7-8-9-10-11-16(17)15-12-14(2)18-13-15/h12-13,16-17H,3-11H2,1-2H3. The summed E-state index contributed by atoms with van der Waals surface area (Å²) < 4.78 is 5.21. The second-order valence-corrected chi connectivity index (χ2v) is 5.27. The van der Waals surface area contributed by atoms with Crippen molar-refractivity contribution in [1.82, 2.24) is 0 Å². The van der Waals surface area contributed by atoms with E-state index in [9.17, 15) is 5.11 Å². The summed E-state index contributed by atoms with van der Waals surface area (Å²) in [7, 11) is 0. The molecule has 1 aromatic heterocycles. The summed E-state index contributed by atoms with van der Waals surface area (Å²) in [5.41, 5.74) is 0.926. The van der Waals surface area contributed by atoms with Crippen LogP contribution in [0.4, 0.5) is 0 Å². The molecule has 1 unspecified atom stereocenters. The van der Waals surface area contributed by atoms with E-state index in [1.54, 1.807) is 6.26 Å². The smallest absolute Gasteiger partial charge is 0.101 e. The van der Waals surface area contributed by atoms with Crippen molar-refractivity contribution in [3.05, 3.63) is 23.7 Å². The van der Waals surface area contributed by atoms with Gasteiger partial charge in [-0.05, 0) is 19.4 Å². The van der Waals surface area contributed by atoms with E-state index >= 15 is 0 Å². The predicted octanol–water partition coefficient (Wildman–Crippen LogP) is 5.15. The summed E-state index contributed by atoms with van der Waals surface area (Å²) in [6.07, 6.45) is 12.6. The Morgan fingerprint density at radius 2 is 1.67 bits per heavy atom. The number of aryl methyl sites for hydroxylation is 1. The van der Waals surface area contributed by atoms with E-state index < -0.39 is 0 Å². The maximum atomic E-state index is 9.95. The van der Waals surface area contributed by atoms with Crippen LogP contribution in [0.25, 0.3) is 0 Å². The van der Waals surface area contributed by atoms with Crippen molar-refractivity contribution in [2.45, 2.75) is 77.7 Å². The third-order valence-corrected chi connectivity index (χ3v) is 3.47. The van der Waals surface area contributed by atoms with Gasteiger partial charge in [-0.2, -0.15) is 0 Å². The molecule has 0 saturated heterocycles. The maximum absolute atomic E-state index is 9.95. The van der Waals surface area contributed by atoms with Gasteiger partial charge in [0.25, 0.3) is 0 Å². The van der Waals surface area contributed by atoms with Crippen LogP contribution in [-0.2, 0) is 0 Å². The minimum Gasteiger partial charge on any atom is -0.469 e. The first-order chi connectivity index (χ1) is 8.74. The summed E-state index contributed by atoms with van der Waals surface area (Å²) in [5.74, 6) is 0.875. The van der Waals surface area contributed by atoms with E-state index in [0.29, 0.717) is 0 Å². The number of aliphatic hydroxyl groups excluding tert-OH is 1. The van der Waals surface area contributed by atoms with Gasteiger partial charge in [-0.3, -0.25) is 0 Å². The van der Waals surface area contributed by atoms with Gasteiger partial charge in [0, 0.05) is 5.56 Å². The SMILES string of the molecule is CCCCCCCCCCC(O)c1coc(C)c1. The maximum Gasteiger partial charge on any atom is 0.101 e. The highest BCUT2D eigenvalue weighted by atomic mass is 16.3. The van der Waals surface area contributed by atoms with E-state index in [2.05, 4.69) is 6.92 Å². The van der Waals surface area contributed by atoms with Crippen molar-refractivity contribution in [3.8, 4) is 0 Å². The first-order valence-corrected chi connectivity index (χ1v) is 7.47. The zero-order chi connectivity index (χ0) is 13.2. The summed E-state index contributed by atoms with van der Waals surface area (Å²) in [4.78, 5) is 0. The van der Waals surface area contributed by atoms with E-state index in [0.717, 1.165) is 24.2 Å². The van der Waals surface area contributed by atoms with Gasteiger partial charge in [0.1, 0.15) is 5.76 Å². The van der Waals surface area contributed by atoms with Crippen LogP contribution in [0, 0.1) is 6.92 Å². The second-order valence-electron chi connectivity index (χ2n) is 5.27. The lowest BCUT2D eigenvalue weighted by molar-refractivity contribution is 0.162. The Hall–Kier alpha value is -0.760. The fourth-order valence-corrected chi connectivity index (χ4v) is 2.28. The molecule has 0 aliphatic carbocycles. The van der Waals surface area contributed by atoms with Crippen LogP contribution in [0.2, 0.25) is 0 Å². The second kappa shape index (κ2) is 9.21. The van der Waals surface area contributed by atoms with Crippen LogP contribution >= 0.6 is 0 Å². The zero-order valence-electron chi connectivity index (χ0n) is 12.0. The number of hydrogen-bond donors (Lipinski definition) is 1. The van der Waals surface area contributed by atoms with E-state index in [1.165, 1.54) is 44.9 Å².